The number of amides is 3. The van der Waals surface area contributed by atoms with E-state index < -0.39 is 23.6 Å². The number of hydrogen-bond donors (Lipinski definition) is 1. The summed E-state index contributed by atoms with van der Waals surface area (Å²) in [7, 11) is 6.18. The lowest BCUT2D eigenvalue weighted by Gasteiger charge is -2.48. The van der Waals surface area contributed by atoms with E-state index in [0.29, 0.717) is 22.6 Å². The molecule has 3 amide bonds. The standard InChI is InChI=1S/C22H26N2O5/c1-14-19(23(2)21(26)24(3)20(14)25)22(27,15-6-10-17(28-4)11-7-15)16-8-12-18(29-5)13-9-16/h6-14,19,27H,1-5H3/t14-,19+/m1/s1. The van der Waals surface area contributed by atoms with Crippen molar-refractivity contribution in [2.45, 2.75) is 18.6 Å². The van der Waals surface area contributed by atoms with E-state index in [1.807, 2.05) is 0 Å². The highest BCUT2D eigenvalue weighted by Gasteiger charge is 2.53. The molecule has 0 spiro atoms. The maximum atomic E-state index is 12.7. The third-order valence-corrected chi connectivity index (χ3v) is 5.69. The molecule has 7 nitrogen and oxygen atoms in total. The molecule has 0 saturated carbocycles. The fraction of sp³-hybridized carbons (Fsp3) is 0.364. The van der Waals surface area contributed by atoms with Gasteiger partial charge >= 0.3 is 6.03 Å². The van der Waals surface area contributed by atoms with Crippen LogP contribution >= 0.6 is 0 Å². The first-order valence-corrected chi connectivity index (χ1v) is 9.31. The van der Waals surface area contributed by atoms with Gasteiger partial charge in [-0.1, -0.05) is 31.2 Å². The predicted molar refractivity (Wildman–Crippen MR) is 108 cm³/mol. The van der Waals surface area contributed by atoms with Crippen LogP contribution in [0.25, 0.3) is 0 Å². The van der Waals surface area contributed by atoms with E-state index in [-0.39, 0.29) is 5.91 Å². The van der Waals surface area contributed by atoms with Gasteiger partial charge in [0.15, 0.2) is 0 Å². The number of carbonyl (C=O) groups is 2. The molecular weight excluding hydrogens is 372 g/mol. The molecule has 0 bridgehead atoms. The lowest BCUT2D eigenvalue weighted by atomic mass is 9.73. The molecule has 0 aromatic heterocycles. The maximum Gasteiger partial charge on any atom is 0.326 e. The van der Waals surface area contributed by atoms with Crippen LogP contribution in [0.5, 0.6) is 11.5 Å². The van der Waals surface area contributed by atoms with Crippen LogP contribution in [0.1, 0.15) is 18.1 Å². The number of hydrogen-bond acceptors (Lipinski definition) is 5. The van der Waals surface area contributed by atoms with E-state index in [9.17, 15) is 14.7 Å². The first kappa shape index (κ1) is 20.7. The van der Waals surface area contributed by atoms with Gasteiger partial charge in [-0.3, -0.25) is 9.69 Å². The second-order valence-corrected chi connectivity index (χ2v) is 7.25. The Morgan fingerprint density at radius 3 is 1.66 bits per heavy atom. The summed E-state index contributed by atoms with van der Waals surface area (Å²) in [5.74, 6) is 0.320. The normalized spacial score (nSPS) is 20.1. The Balaban J connectivity index is 2.20. The highest BCUT2D eigenvalue weighted by Crippen LogP contribution is 2.42. The molecule has 29 heavy (non-hydrogen) atoms. The molecule has 0 radical (unpaired) electrons. The minimum atomic E-state index is -1.63. The zero-order valence-electron chi connectivity index (χ0n) is 17.2. The second kappa shape index (κ2) is 7.75. The number of likely N-dealkylation sites (N-methyl/N-ethyl adjacent to an activating group) is 1. The summed E-state index contributed by atoms with van der Waals surface area (Å²) < 4.78 is 10.5. The average molecular weight is 398 g/mol. The molecule has 7 heteroatoms. The Bertz CT molecular complexity index is 825. The van der Waals surface area contributed by atoms with E-state index in [1.165, 1.54) is 11.9 Å². The number of benzene rings is 2. The Kier molecular flexibility index (Phi) is 5.53. The Labute approximate surface area is 170 Å². The van der Waals surface area contributed by atoms with Crippen LogP contribution in [0.15, 0.2) is 48.5 Å². The summed E-state index contributed by atoms with van der Waals surface area (Å²) >= 11 is 0. The van der Waals surface area contributed by atoms with Crippen LogP contribution in [-0.4, -0.2) is 61.2 Å². The van der Waals surface area contributed by atoms with Crippen molar-refractivity contribution in [3.63, 3.8) is 0 Å². The molecule has 1 heterocycles. The molecule has 0 unspecified atom stereocenters. The monoisotopic (exact) mass is 398 g/mol. The summed E-state index contributed by atoms with van der Waals surface area (Å²) in [5, 5.41) is 12.1. The Morgan fingerprint density at radius 1 is 0.862 bits per heavy atom. The predicted octanol–water partition coefficient (Wildman–Crippen LogP) is 2.47. The molecule has 2 aromatic carbocycles. The number of aliphatic hydroxyl groups is 1. The van der Waals surface area contributed by atoms with Crippen LogP contribution in [0.4, 0.5) is 4.79 Å². The van der Waals surface area contributed by atoms with Gasteiger partial charge in [0.25, 0.3) is 0 Å². The van der Waals surface area contributed by atoms with Gasteiger partial charge in [0, 0.05) is 14.1 Å². The lowest BCUT2D eigenvalue weighted by molar-refractivity contribution is -0.142. The summed E-state index contributed by atoms with van der Waals surface area (Å²) in [6, 6.07) is 12.7. The van der Waals surface area contributed by atoms with E-state index in [0.717, 1.165) is 4.90 Å². The Hall–Kier alpha value is -3.06. The number of urea groups is 1. The SMILES string of the molecule is COc1ccc(C(O)(c2ccc(OC)cc2)[C@@H]2[C@@H](C)C(=O)N(C)C(=O)N2C)cc1. The summed E-state index contributed by atoms with van der Waals surface area (Å²) in [5.41, 5.74) is -0.520. The van der Waals surface area contributed by atoms with Gasteiger partial charge in [0.05, 0.1) is 26.2 Å². The topological polar surface area (TPSA) is 79.3 Å². The molecule has 1 N–H and O–H groups in total. The third-order valence-electron chi connectivity index (χ3n) is 5.69. The summed E-state index contributed by atoms with van der Waals surface area (Å²) in [6.45, 7) is 1.73. The van der Waals surface area contributed by atoms with Gasteiger partial charge in [-0.25, -0.2) is 4.79 Å². The summed E-state index contributed by atoms with van der Waals surface area (Å²) in [4.78, 5) is 27.9. The van der Waals surface area contributed by atoms with Gasteiger partial charge < -0.3 is 19.5 Å². The van der Waals surface area contributed by atoms with Crippen LogP contribution < -0.4 is 9.47 Å². The highest BCUT2D eigenvalue weighted by molar-refractivity contribution is 5.98. The quantitative estimate of drug-likeness (QED) is 0.837. The van der Waals surface area contributed by atoms with Crippen molar-refractivity contribution in [1.82, 2.24) is 9.80 Å². The van der Waals surface area contributed by atoms with E-state index >= 15 is 0 Å². The lowest BCUT2D eigenvalue weighted by Crippen LogP contribution is -2.65. The second-order valence-electron chi connectivity index (χ2n) is 7.25. The van der Waals surface area contributed by atoms with Gasteiger partial charge in [-0.2, -0.15) is 0 Å². The van der Waals surface area contributed by atoms with Crippen LogP contribution in [0.3, 0.4) is 0 Å². The smallest absolute Gasteiger partial charge is 0.326 e. The number of rotatable bonds is 5. The van der Waals surface area contributed by atoms with Gasteiger partial charge in [-0.15, -0.1) is 0 Å². The summed E-state index contributed by atoms with van der Waals surface area (Å²) in [6.07, 6.45) is 0. The first-order chi connectivity index (χ1) is 13.7. The number of carbonyl (C=O) groups excluding carboxylic acids is 2. The van der Waals surface area contributed by atoms with E-state index in [1.54, 1.807) is 76.7 Å². The fourth-order valence-electron chi connectivity index (χ4n) is 4.07. The molecule has 3 rings (SSSR count). The zero-order chi connectivity index (χ0) is 21.3. The van der Waals surface area contributed by atoms with Crippen molar-refractivity contribution < 1.29 is 24.2 Å². The minimum absolute atomic E-state index is 0.335. The van der Waals surface area contributed by atoms with Crippen LogP contribution in [0, 0.1) is 5.92 Å². The zero-order valence-corrected chi connectivity index (χ0v) is 17.2. The van der Waals surface area contributed by atoms with Gasteiger partial charge in [0.1, 0.15) is 17.1 Å². The largest absolute Gasteiger partial charge is 0.497 e. The molecule has 1 fully saturated rings. The molecule has 2 aromatic rings. The number of ether oxygens (including phenoxy) is 2. The molecule has 154 valence electrons. The average Bonchev–Trinajstić information content (AvgIpc) is 2.76. The minimum Gasteiger partial charge on any atom is -0.497 e. The van der Waals surface area contributed by atoms with Crippen molar-refractivity contribution in [3.05, 3.63) is 59.7 Å². The van der Waals surface area contributed by atoms with Gasteiger partial charge in [-0.05, 0) is 35.4 Å². The number of methoxy groups -OCH3 is 2. The van der Waals surface area contributed by atoms with Crippen molar-refractivity contribution in [3.8, 4) is 11.5 Å². The Morgan fingerprint density at radius 2 is 1.28 bits per heavy atom. The first-order valence-electron chi connectivity index (χ1n) is 9.31. The van der Waals surface area contributed by atoms with E-state index in [4.69, 9.17) is 9.47 Å². The number of imide groups is 1. The number of nitrogens with zero attached hydrogens (tertiary/aromatic N) is 2. The molecular formula is C22H26N2O5. The van der Waals surface area contributed by atoms with E-state index in [2.05, 4.69) is 0 Å². The van der Waals surface area contributed by atoms with Crippen LogP contribution in [-0.2, 0) is 10.4 Å². The van der Waals surface area contributed by atoms with Crippen LogP contribution in [0.2, 0.25) is 0 Å². The molecule has 0 aliphatic carbocycles. The van der Waals surface area contributed by atoms with Crippen molar-refractivity contribution >= 4 is 11.9 Å². The molecule has 1 saturated heterocycles. The fourth-order valence-corrected chi connectivity index (χ4v) is 4.07. The van der Waals surface area contributed by atoms with Gasteiger partial charge in [0.2, 0.25) is 5.91 Å². The molecule has 1 aliphatic heterocycles. The van der Waals surface area contributed by atoms with Crippen molar-refractivity contribution in [2.24, 2.45) is 5.92 Å². The third kappa shape index (κ3) is 3.31. The van der Waals surface area contributed by atoms with Crippen molar-refractivity contribution in [2.75, 3.05) is 28.3 Å². The van der Waals surface area contributed by atoms with Crippen molar-refractivity contribution in [1.29, 1.82) is 0 Å². The molecule has 2 atom stereocenters. The highest BCUT2D eigenvalue weighted by atomic mass is 16.5. The molecule has 1 aliphatic rings. The maximum absolute atomic E-state index is 12.7.